The zero-order valence-electron chi connectivity index (χ0n) is 9.14. The average molecular weight is 305 g/mol. The van der Waals surface area contributed by atoms with Gasteiger partial charge in [0.1, 0.15) is 6.61 Å². The van der Waals surface area contributed by atoms with Crippen molar-refractivity contribution in [2.45, 2.75) is 0 Å². The van der Waals surface area contributed by atoms with E-state index in [2.05, 4.69) is 22.9 Å². The molecule has 1 amide bonds. The smallest absolute Gasteiger partial charge is 0.410 e. The van der Waals surface area contributed by atoms with E-state index in [1.54, 1.807) is 6.07 Å². The number of anilines is 1. The van der Waals surface area contributed by atoms with E-state index in [1.165, 1.54) is 11.1 Å². The van der Waals surface area contributed by atoms with Gasteiger partial charge >= 0.3 is 6.09 Å². The van der Waals surface area contributed by atoms with Gasteiger partial charge in [-0.05, 0) is 5.69 Å². The van der Waals surface area contributed by atoms with E-state index in [0.29, 0.717) is 31.1 Å². The van der Waals surface area contributed by atoms with Crippen LogP contribution in [0.2, 0.25) is 0 Å². The second-order valence-corrected chi connectivity index (χ2v) is 3.23. The van der Waals surface area contributed by atoms with Crippen LogP contribution in [0.25, 0.3) is 0 Å². The van der Waals surface area contributed by atoms with Gasteiger partial charge in [-0.2, -0.15) is 6.07 Å². The van der Waals surface area contributed by atoms with Gasteiger partial charge in [0.2, 0.25) is 0 Å². The molecule has 1 aromatic rings. The first-order chi connectivity index (χ1) is 7.75. The number of cyclic esters (lactones) is 1. The molecule has 0 aliphatic carbocycles. The monoisotopic (exact) mass is 305 g/mol. The maximum atomic E-state index is 11.1. The third kappa shape index (κ3) is 3.99. The SMILES string of the molecule is Nc1[c-]cc(C#CCN2CCOC2=O)nc1.[Y]. The van der Waals surface area contributed by atoms with Crippen molar-refractivity contribution in [1.29, 1.82) is 0 Å². The predicted octanol–water partition coefficient (Wildman–Crippen LogP) is 0.265. The quantitative estimate of drug-likeness (QED) is 0.597. The van der Waals surface area contributed by atoms with Gasteiger partial charge in [-0.25, -0.2) is 4.79 Å². The van der Waals surface area contributed by atoms with Gasteiger partial charge in [-0.15, -0.1) is 12.0 Å². The van der Waals surface area contributed by atoms with Crippen LogP contribution < -0.4 is 5.73 Å². The van der Waals surface area contributed by atoms with Crippen LogP contribution in [-0.2, 0) is 37.4 Å². The molecule has 2 heterocycles. The molecule has 5 nitrogen and oxygen atoms in total. The minimum atomic E-state index is -0.314. The number of rotatable bonds is 1. The van der Waals surface area contributed by atoms with Crippen LogP contribution in [0.4, 0.5) is 10.5 Å². The molecule has 0 aromatic carbocycles. The van der Waals surface area contributed by atoms with Crippen molar-refractivity contribution in [3.05, 3.63) is 24.0 Å². The summed E-state index contributed by atoms with van der Waals surface area (Å²) in [7, 11) is 0. The number of ether oxygens (including phenoxy) is 1. The zero-order chi connectivity index (χ0) is 11.4. The van der Waals surface area contributed by atoms with Gasteiger partial charge in [0.05, 0.1) is 13.1 Å². The first-order valence-electron chi connectivity index (χ1n) is 4.79. The summed E-state index contributed by atoms with van der Waals surface area (Å²) < 4.78 is 4.76. The maximum Gasteiger partial charge on any atom is 0.410 e. The minimum Gasteiger partial charge on any atom is -0.448 e. The van der Waals surface area contributed by atoms with E-state index in [-0.39, 0.29) is 38.8 Å². The first kappa shape index (κ1) is 13.9. The largest absolute Gasteiger partial charge is 0.448 e. The summed E-state index contributed by atoms with van der Waals surface area (Å²) in [6.07, 6.45) is 1.18. The fourth-order valence-corrected chi connectivity index (χ4v) is 1.23. The molecular formula is C11H10N3O2Y-. The van der Waals surface area contributed by atoms with E-state index >= 15 is 0 Å². The topological polar surface area (TPSA) is 68.4 Å². The van der Waals surface area contributed by atoms with Gasteiger partial charge in [-0.3, -0.25) is 4.90 Å². The molecule has 85 valence electrons. The number of aromatic nitrogens is 1. The first-order valence-corrected chi connectivity index (χ1v) is 4.79. The molecule has 2 rings (SSSR count). The summed E-state index contributed by atoms with van der Waals surface area (Å²) in [5.74, 6) is 5.67. The molecule has 6 heteroatoms. The summed E-state index contributed by atoms with van der Waals surface area (Å²) in [6.45, 7) is 1.38. The van der Waals surface area contributed by atoms with Gasteiger partial charge in [0.25, 0.3) is 0 Å². The van der Waals surface area contributed by atoms with Crippen molar-refractivity contribution in [3.8, 4) is 11.8 Å². The van der Waals surface area contributed by atoms with Gasteiger partial charge in [-0.1, -0.05) is 17.8 Å². The summed E-state index contributed by atoms with van der Waals surface area (Å²) in [4.78, 5) is 16.6. The number of amides is 1. The van der Waals surface area contributed by atoms with Crippen LogP contribution >= 0.6 is 0 Å². The molecule has 0 unspecified atom stereocenters. The molecule has 0 bridgehead atoms. The van der Waals surface area contributed by atoms with Gasteiger partial charge < -0.3 is 15.5 Å². The molecular weight excluding hydrogens is 295 g/mol. The Bertz CT molecular complexity index is 450. The number of nitrogens with two attached hydrogens (primary N) is 1. The molecule has 2 N–H and O–H groups in total. The van der Waals surface area contributed by atoms with Crippen LogP contribution in [0.1, 0.15) is 5.69 Å². The Labute approximate surface area is 125 Å². The Balaban J connectivity index is 0.00000144. The number of nitrogen functional groups attached to an aromatic ring is 1. The molecule has 0 atom stereocenters. The Morgan fingerprint density at radius 2 is 2.47 bits per heavy atom. The maximum absolute atomic E-state index is 11.1. The Hall–Kier alpha value is -1.12. The van der Waals surface area contributed by atoms with E-state index in [1.807, 2.05) is 0 Å². The van der Waals surface area contributed by atoms with Crippen LogP contribution in [-0.4, -0.2) is 35.7 Å². The fraction of sp³-hybridized carbons (Fsp3) is 0.273. The number of hydrogen-bond donors (Lipinski definition) is 1. The van der Waals surface area contributed by atoms with Crippen molar-refractivity contribution in [2.24, 2.45) is 0 Å². The summed E-state index contributed by atoms with van der Waals surface area (Å²) in [5.41, 5.74) is 6.50. The summed E-state index contributed by atoms with van der Waals surface area (Å²) >= 11 is 0. The van der Waals surface area contributed by atoms with Crippen molar-refractivity contribution in [3.63, 3.8) is 0 Å². The Morgan fingerprint density at radius 3 is 3.06 bits per heavy atom. The Kier molecular flexibility index (Phi) is 5.40. The molecule has 0 saturated carbocycles. The number of pyridine rings is 1. The normalized spacial score (nSPS) is 13.4. The molecule has 1 fully saturated rings. The van der Waals surface area contributed by atoms with Crippen molar-refractivity contribution in [1.82, 2.24) is 9.88 Å². The second-order valence-electron chi connectivity index (χ2n) is 3.23. The van der Waals surface area contributed by atoms with E-state index < -0.39 is 0 Å². The van der Waals surface area contributed by atoms with E-state index in [9.17, 15) is 4.79 Å². The van der Waals surface area contributed by atoms with E-state index in [0.717, 1.165) is 0 Å². The van der Waals surface area contributed by atoms with Crippen LogP contribution in [0, 0.1) is 17.9 Å². The van der Waals surface area contributed by atoms with Gasteiger partial charge in [0.15, 0.2) is 0 Å². The van der Waals surface area contributed by atoms with Crippen LogP contribution in [0.5, 0.6) is 0 Å². The van der Waals surface area contributed by atoms with Crippen LogP contribution in [0.3, 0.4) is 0 Å². The summed E-state index contributed by atoms with van der Waals surface area (Å²) in [6, 6.07) is 4.41. The number of carbonyl (C=O) groups excluding carboxylic acids is 1. The molecule has 1 aliphatic heterocycles. The zero-order valence-corrected chi connectivity index (χ0v) is 12.0. The van der Waals surface area contributed by atoms with Crippen molar-refractivity contribution < 1.29 is 42.2 Å². The second kappa shape index (κ2) is 6.58. The van der Waals surface area contributed by atoms with Crippen LogP contribution in [0.15, 0.2) is 12.3 Å². The molecule has 1 aliphatic rings. The average Bonchev–Trinajstić information content (AvgIpc) is 2.68. The third-order valence-corrected chi connectivity index (χ3v) is 2.05. The fourth-order valence-electron chi connectivity index (χ4n) is 1.23. The molecule has 1 aromatic heterocycles. The Morgan fingerprint density at radius 1 is 1.65 bits per heavy atom. The molecule has 1 radical (unpaired) electrons. The van der Waals surface area contributed by atoms with E-state index in [4.69, 9.17) is 10.5 Å². The number of carbonyl (C=O) groups is 1. The number of nitrogens with zero attached hydrogens (tertiary/aromatic N) is 2. The van der Waals surface area contributed by atoms with Crippen molar-refractivity contribution >= 4 is 11.8 Å². The molecule has 0 spiro atoms. The standard InChI is InChI=1S/C11H10N3O2.Y/c12-9-3-4-10(13-8-9)2-1-5-14-6-7-16-11(14)15;/h4,8H,5-7,12H2;/q-1;. The molecule has 17 heavy (non-hydrogen) atoms. The predicted molar refractivity (Wildman–Crippen MR) is 57.3 cm³/mol. The summed E-state index contributed by atoms with van der Waals surface area (Å²) in [5, 5.41) is 0. The molecule has 1 saturated heterocycles. The number of hydrogen-bond acceptors (Lipinski definition) is 4. The minimum absolute atomic E-state index is 0. The van der Waals surface area contributed by atoms with Gasteiger partial charge in [0, 0.05) is 32.7 Å². The van der Waals surface area contributed by atoms with Crippen molar-refractivity contribution in [2.75, 3.05) is 25.4 Å². The third-order valence-electron chi connectivity index (χ3n) is 2.05.